The number of aromatic amines is 1. The molecule has 0 aliphatic rings. The van der Waals surface area contributed by atoms with Crippen molar-refractivity contribution in [2.24, 2.45) is 0 Å². The Kier molecular flexibility index (Phi) is 4.99. The lowest BCUT2D eigenvalue weighted by Crippen LogP contribution is -2.21. The van der Waals surface area contributed by atoms with Crippen molar-refractivity contribution in [3.05, 3.63) is 64.3 Å². The first kappa shape index (κ1) is 16.7. The van der Waals surface area contributed by atoms with Crippen LogP contribution in [0.2, 0.25) is 5.02 Å². The van der Waals surface area contributed by atoms with Crippen LogP contribution in [0.25, 0.3) is 11.5 Å². The zero-order chi connectivity index (χ0) is 17.1. The standard InChI is InChI=1S/C17H17ClFN3O2/c1-10-2-5-16(24-10)17-12(8-21-22-17)7-20-9-15(23)11-3-4-13(18)14(19)6-11/h2-6,8,15,20,23H,7,9H2,1H3,(H,21,22). The summed E-state index contributed by atoms with van der Waals surface area (Å²) in [5, 5.41) is 20.2. The molecule has 0 amide bonds. The van der Waals surface area contributed by atoms with Crippen molar-refractivity contribution >= 4 is 11.6 Å². The van der Waals surface area contributed by atoms with Crippen LogP contribution in [0.15, 0.2) is 40.9 Å². The van der Waals surface area contributed by atoms with Gasteiger partial charge in [-0.1, -0.05) is 17.7 Å². The van der Waals surface area contributed by atoms with E-state index in [4.69, 9.17) is 16.0 Å². The molecule has 0 radical (unpaired) electrons. The molecule has 126 valence electrons. The SMILES string of the molecule is Cc1ccc(-c2[nH]ncc2CNCC(O)c2ccc(Cl)c(F)c2)o1. The van der Waals surface area contributed by atoms with Crippen LogP contribution in [0.4, 0.5) is 4.39 Å². The van der Waals surface area contributed by atoms with Crippen LogP contribution >= 0.6 is 11.6 Å². The zero-order valence-electron chi connectivity index (χ0n) is 13.0. The smallest absolute Gasteiger partial charge is 0.152 e. The molecule has 0 bridgehead atoms. The summed E-state index contributed by atoms with van der Waals surface area (Å²) in [4.78, 5) is 0. The van der Waals surface area contributed by atoms with Gasteiger partial charge in [-0.05, 0) is 36.8 Å². The van der Waals surface area contributed by atoms with Gasteiger partial charge < -0.3 is 14.8 Å². The Morgan fingerprint density at radius 2 is 2.21 bits per heavy atom. The van der Waals surface area contributed by atoms with E-state index < -0.39 is 11.9 Å². The fourth-order valence-electron chi connectivity index (χ4n) is 2.41. The number of aliphatic hydroxyl groups excluding tert-OH is 1. The minimum absolute atomic E-state index is 0.0377. The molecular weight excluding hydrogens is 333 g/mol. The molecule has 1 unspecified atom stereocenters. The van der Waals surface area contributed by atoms with Gasteiger partial charge in [-0.15, -0.1) is 0 Å². The molecule has 5 nitrogen and oxygen atoms in total. The van der Waals surface area contributed by atoms with Gasteiger partial charge >= 0.3 is 0 Å². The highest BCUT2D eigenvalue weighted by molar-refractivity contribution is 6.30. The van der Waals surface area contributed by atoms with Crippen molar-refractivity contribution in [3.8, 4) is 11.5 Å². The maximum Gasteiger partial charge on any atom is 0.152 e. The van der Waals surface area contributed by atoms with Crippen LogP contribution in [0.3, 0.4) is 0 Å². The van der Waals surface area contributed by atoms with Gasteiger partial charge in [0.25, 0.3) is 0 Å². The first-order chi connectivity index (χ1) is 11.5. The molecule has 3 N–H and O–H groups in total. The van der Waals surface area contributed by atoms with Crippen molar-refractivity contribution < 1.29 is 13.9 Å². The zero-order valence-corrected chi connectivity index (χ0v) is 13.8. The van der Waals surface area contributed by atoms with Crippen molar-refractivity contribution in [1.82, 2.24) is 15.5 Å². The summed E-state index contributed by atoms with van der Waals surface area (Å²) in [6.07, 6.45) is 0.868. The minimum Gasteiger partial charge on any atom is -0.460 e. The van der Waals surface area contributed by atoms with E-state index in [2.05, 4.69) is 15.5 Å². The number of nitrogens with one attached hydrogen (secondary N) is 2. The second-order valence-corrected chi connectivity index (χ2v) is 5.91. The topological polar surface area (TPSA) is 74.1 Å². The predicted molar refractivity (Wildman–Crippen MR) is 89.1 cm³/mol. The second-order valence-electron chi connectivity index (χ2n) is 5.50. The average Bonchev–Trinajstić information content (AvgIpc) is 3.18. The number of hydrogen-bond acceptors (Lipinski definition) is 4. The van der Waals surface area contributed by atoms with E-state index in [1.165, 1.54) is 12.1 Å². The summed E-state index contributed by atoms with van der Waals surface area (Å²) in [5.74, 6) is 0.986. The minimum atomic E-state index is -0.835. The van der Waals surface area contributed by atoms with E-state index >= 15 is 0 Å². The maximum atomic E-state index is 13.4. The molecule has 0 spiro atoms. The molecule has 1 aromatic carbocycles. The Labute approximate surface area is 143 Å². The summed E-state index contributed by atoms with van der Waals surface area (Å²) in [6.45, 7) is 2.63. The van der Waals surface area contributed by atoms with Gasteiger partial charge in [0.2, 0.25) is 0 Å². The largest absolute Gasteiger partial charge is 0.460 e. The highest BCUT2D eigenvalue weighted by atomic mass is 35.5. The normalized spacial score (nSPS) is 12.5. The quantitative estimate of drug-likeness (QED) is 0.635. The van der Waals surface area contributed by atoms with Gasteiger partial charge in [0.05, 0.1) is 17.3 Å². The number of hydrogen-bond donors (Lipinski definition) is 3. The number of rotatable bonds is 6. The van der Waals surface area contributed by atoms with Crippen molar-refractivity contribution in [2.45, 2.75) is 19.6 Å². The van der Waals surface area contributed by atoms with Crippen LogP contribution in [0.1, 0.15) is 23.0 Å². The number of aromatic nitrogens is 2. The molecule has 0 saturated heterocycles. The first-order valence-corrected chi connectivity index (χ1v) is 7.85. The lowest BCUT2D eigenvalue weighted by molar-refractivity contribution is 0.174. The fourth-order valence-corrected chi connectivity index (χ4v) is 2.53. The number of nitrogens with zero attached hydrogens (tertiary/aromatic N) is 1. The Morgan fingerprint density at radius 3 is 2.92 bits per heavy atom. The van der Waals surface area contributed by atoms with Gasteiger partial charge in [-0.25, -0.2) is 4.39 Å². The highest BCUT2D eigenvalue weighted by Gasteiger charge is 2.13. The summed E-state index contributed by atoms with van der Waals surface area (Å²) in [5.41, 5.74) is 2.18. The molecule has 0 aliphatic carbocycles. The third kappa shape index (κ3) is 3.67. The third-order valence-corrected chi connectivity index (χ3v) is 3.99. The Bertz CT molecular complexity index is 831. The number of H-pyrrole nitrogens is 1. The highest BCUT2D eigenvalue weighted by Crippen LogP contribution is 2.23. The van der Waals surface area contributed by atoms with Gasteiger partial charge in [0.15, 0.2) is 5.76 Å². The predicted octanol–water partition coefficient (Wildman–Crippen LogP) is 3.59. The molecule has 3 aromatic rings. The van der Waals surface area contributed by atoms with Crippen LogP contribution in [-0.4, -0.2) is 21.8 Å². The molecule has 0 fully saturated rings. The van der Waals surface area contributed by atoms with Gasteiger partial charge in [0, 0.05) is 18.7 Å². The molecule has 2 heterocycles. The molecule has 2 aromatic heterocycles. The van der Waals surface area contributed by atoms with E-state index in [-0.39, 0.29) is 11.6 Å². The third-order valence-electron chi connectivity index (χ3n) is 3.69. The molecule has 24 heavy (non-hydrogen) atoms. The summed E-state index contributed by atoms with van der Waals surface area (Å²) in [7, 11) is 0. The number of furan rings is 1. The summed E-state index contributed by atoms with van der Waals surface area (Å²) >= 11 is 5.64. The monoisotopic (exact) mass is 349 g/mol. The van der Waals surface area contributed by atoms with Crippen molar-refractivity contribution in [3.63, 3.8) is 0 Å². The van der Waals surface area contributed by atoms with Crippen LogP contribution in [-0.2, 0) is 6.54 Å². The van der Waals surface area contributed by atoms with Gasteiger partial charge in [0.1, 0.15) is 17.3 Å². The Morgan fingerprint density at radius 1 is 1.38 bits per heavy atom. The van der Waals surface area contributed by atoms with E-state index in [0.717, 1.165) is 17.0 Å². The molecule has 0 aliphatic heterocycles. The van der Waals surface area contributed by atoms with Crippen LogP contribution in [0, 0.1) is 12.7 Å². The van der Waals surface area contributed by atoms with Gasteiger partial charge in [-0.2, -0.15) is 5.10 Å². The van der Waals surface area contributed by atoms with Gasteiger partial charge in [-0.3, -0.25) is 5.10 Å². The van der Waals surface area contributed by atoms with Crippen LogP contribution in [0.5, 0.6) is 0 Å². The summed E-state index contributed by atoms with van der Waals surface area (Å²) < 4.78 is 19.0. The molecule has 1 atom stereocenters. The van der Waals surface area contributed by atoms with Crippen molar-refractivity contribution in [1.29, 1.82) is 0 Å². The van der Waals surface area contributed by atoms with E-state index in [9.17, 15) is 9.50 Å². The number of aryl methyl sites for hydroxylation is 1. The van der Waals surface area contributed by atoms with E-state index in [1.54, 1.807) is 12.3 Å². The summed E-state index contributed by atoms with van der Waals surface area (Å²) in [6, 6.07) is 8.03. The number of aliphatic hydroxyl groups is 1. The number of halogens is 2. The number of benzene rings is 1. The lowest BCUT2D eigenvalue weighted by Gasteiger charge is -2.12. The Hall–Kier alpha value is -2.15. The molecule has 0 saturated carbocycles. The Balaban J connectivity index is 1.61. The molecule has 3 rings (SSSR count). The van der Waals surface area contributed by atoms with Crippen molar-refractivity contribution in [2.75, 3.05) is 6.54 Å². The average molecular weight is 350 g/mol. The fraction of sp³-hybridized carbons (Fsp3) is 0.235. The van der Waals surface area contributed by atoms with Crippen LogP contribution < -0.4 is 5.32 Å². The maximum absolute atomic E-state index is 13.4. The second kappa shape index (κ2) is 7.17. The van der Waals surface area contributed by atoms with E-state index in [1.807, 2.05) is 19.1 Å². The first-order valence-electron chi connectivity index (χ1n) is 7.47. The molecule has 7 heteroatoms. The molecular formula is C17H17ClFN3O2. The lowest BCUT2D eigenvalue weighted by atomic mass is 10.1. The van der Waals surface area contributed by atoms with E-state index in [0.29, 0.717) is 17.9 Å².